The molecule has 5 nitrogen and oxygen atoms in total. The lowest BCUT2D eigenvalue weighted by Gasteiger charge is -1.99. The van der Waals surface area contributed by atoms with Crippen LogP contribution in [0.1, 0.15) is 26.2 Å². The predicted molar refractivity (Wildman–Crippen MR) is 92.0 cm³/mol. The third kappa shape index (κ3) is 3.53. The van der Waals surface area contributed by atoms with Gasteiger partial charge >= 0.3 is 0 Å². The monoisotopic (exact) mass is 330 g/mol. The minimum Gasteiger partial charge on any atom is -0.497 e. The first-order valence-corrected chi connectivity index (χ1v) is 8.41. The topological polar surface area (TPSA) is 64.4 Å². The summed E-state index contributed by atoms with van der Waals surface area (Å²) in [6.45, 7) is 2.06. The molecular formula is C17H18N2O3S. The van der Waals surface area contributed by atoms with E-state index in [1.165, 1.54) is 11.3 Å². The molecule has 0 fully saturated rings. The first kappa shape index (κ1) is 15.6. The van der Waals surface area contributed by atoms with Crippen LogP contribution in [0.5, 0.6) is 5.75 Å². The van der Waals surface area contributed by atoms with Crippen molar-refractivity contribution in [1.29, 1.82) is 0 Å². The van der Waals surface area contributed by atoms with E-state index in [9.17, 15) is 4.79 Å². The predicted octanol–water partition coefficient (Wildman–Crippen LogP) is 4.69. The molecule has 2 aromatic heterocycles. The smallest absolute Gasteiger partial charge is 0.226 e. The number of anilines is 1. The molecule has 0 aliphatic carbocycles. The number of hydrogen-bond donors (Lipinski definition) is 1. The molecule has 3 aromatic rings. The average molecular weight is 330 g/mol. The van der Waals surface area contributed by atoms with Crippen molar-refractivity contribution in [1.82, 2.24) is 4.98 Å². The maximum Gasteiger partial charge on any atom is 0.226 e. The van der Waals surface area contributed by atoms with Crippen LogP contribution in [0.25, 0.3) is 22.4 Å². The molecule has 1 N–H and O–H groups in total. The van der Waals surface area contributed by atoms with Gasteiger partial charge in [-0.2, -0.15) is 0 Å². The molecule has 0 aliphatic heterocycles. The molecule has 6 heteroatoms. The lowest BCUT2D eigenvalue weighted by atomic mass is 10.2. The number of unbranched alkanes of at least 4 members (excludes halogenated alkanes) is 1. The number of carbonyl (C=O) groups is 1. The number of nitrogens with zero attached hydrogens (tertiary/aromatic N) is 1. The second-order valence-corrected chi connectivity index (χ2v) is 6.06. The molecule has 0 unspecified atom stereocenters. The molecule has 0 saturated heterocycles. The number of furan rings is 1. The van der Waals surface area contributed by atoms with Gasteiger partial charge in [0.25, 0.3) is 0 Å². The van der Waals surface area contributed by atoms with Crippen molar-refractivity contribution < 1.29 is 13.9 Å². The molecular weight excluding hydrogens is 312 g/mol. The Balaban J connectivity index is 1.78. The van der Waals surface area contributed by atoms with E-state index in [1.807, 2.05) is 29.6 Å². The summed E-state index contributed by atoms with van der Waals surface area (Å²) in [5.41, 5.74) is 1.50. The first-order valence-electron chi connectivity index (χ1n) is 7.53. The fourth-order valence-corrected chi connectivity index (χ4v) is 2.95. The SMILES string of the molecule is CCCCC(=O)Nc1nc(-c2cc3cc(OC)ccc3o2)cs1. The number of methoxy groups -OCH3 is 1. The van der Waals surface area contributed by atoms with Crippen LogP contribution in [-0.4, -0.2) is 18.0 Å². The van der Waals surface area contributed by atoms with Crippen LogP contribution in [0, 0.1) is 0 Å². The van der Waals surface area contributed by atoms with Gasteiger partial charge in [0.15, 0.2) is 10.9 Å². The first-order chi connectivity index (χ1) is 11.2. The van der Waals surface area contributed by atoms with E-state index >= 15 is 0 Å². The summed E-state index contributed by atoms with van der Waals surface area (Å²) in [7, 11) is 1.64. The van der Waals surface area contributed by atoms with Crippen LogP contribution in [0.15, 0.2) is 34.1 Å². The Kier molecular flexibility index (Phi) is 4.62. The second kappa shape index (κ2) is 6.83. The van der Waals surface area contributed by atoms with E-state index in [4.69, 9.17) is 9.15 Å². The molecule has 0 saturated carbocycles. The zero-order chi connectivity index (χ0) is 16.2. The Bertz CT molecular complexity index is 822. The number of hydrogen-bond acceptors (Lipinski definition) is 5. The molecule has 23 heavy (non-hydrogen) atoms. The maximum atomic E-state index is 11.7. The lowest BCUT2D eigenvalue weighted by Crippen LogP contribution is -2.10. The van der Waals surface area contributed by atoms with Crippen LogP contribution in [-0.2, 0) is 4.79 Å². The van der Waals surface area contributed by atoms with Gasteiger partial charge in [0.05, 0.1) is 7.11 Å². The molecule has 0 aliphatic rings. The Morgan fingerprint density at radius 3 is 3.04 bits per heavy atom. The van der Waals surface area contributed by atoms with E-state index in [-0.39, 0.29) is 5.91 Å². The van der Waals surface area contributed by atoms with E-state index in [0.717, 1.165) is 35.3 Å². The third-order valence-corrected chi connectivity index (χ3v) is 4.24. The summed E-state index contributed by atoms with van der Waals surface area (Å²) < 4.78 is 11.0. The summed E-state index contributed by atoms with van der Waals surface area (Å²) in [4.78, 5) is 16.2. The highest BCUT2D eigenvalue weighted by atomic mass is 32.1. The second-order valence-electron chi connectivity index (χ2n) is 5.20. The lowest BCUT2D eigenvalue weighted by molar-refractivity contribution is -0.116. The molecule has 0 bridgehead atoms. The Morgan fingerprint density at radius 2 is 2.26 bits per heavy atom. The van der Waals surface area contributed by atoms with Crippen LogP contribution in [0.3, 0.4) is 0 Å². The highest BCUT2D eigenvalue weighted by Gasteiger charge is 2.12. The van der Waals surface area contributed by atoms with Crippen molar-refractivity contribution in [3.8, 4) is 17.2 Å². The molecule has 0 atom stereocenters. The number of fused-ring (bicyclic) bond motifs is 1. The fraction of sp³-hybridized carbons (Fsp3) is 0.294. The number of nitrogens with one attached hydrogen (secondary N) is 1. The van der Waals surface area contributed by atoms with E-state index in [0.29, 0.717) is 17.3 Å². The molecule has 120 valence electrons. The molecule has 3 rings (SSSR count). The Labute approximate surface area is 138 Å². The fourth-order valence-electron chi connectivity index (χ4n) is 2.24. The van der Waals surface area contributed by atoms with Gasteiger partial charge in [0.1, 0.15) is 17.0 Å². The third-order valence-electron chi connectivity index (χ3n) is 3.48. The van der Waals surface area contributed by atoms with Crippen molar-refractivity contribution >= 4 is 33.3 Å². The van der Waals surface area contributed by atoms with Gasteiger partial charge in [0, 0.05) is 17.2 Å². The van der Waals surface area contributed by atoms with E-state index < -0.39 is 0 Å². The number of aromatic nitrogens is 1. The summed E-state index contributed by atoms with van der Waals surface area (Å²) in [6, 6.07) is 7.57. The molecule has 0 spiro atoms. The number of ether oxygens (including phenoxy) is 1. The summed E-state index contributed by atoms with van der Waals surface area (Å²) in [6.07, 6.45) is 2.41. The molecule has 0 radical (unpaired) electrons. The van der Waals surface area contributed by atoms with Gasteiger partial charge in [-0.1, -0.05) is 13.3 Å². The quantitative estimate of drug-likeness (QED) is 0.712. The minimum absolute atomic E-state index is 0.00194. The van der Waals surface area contributed by atoms with Crippen LogP contribution < -0.4 is 10.1 Å². The largest absolute Gasteiger partial charge is 0.497 e. The molecule has 2 heterocycles. The minimum atomic E-state index is 0.00194. The van der Waals surface area contributed by atoms with Crippen molar-refractivity contribution in [3.05, 3.63) is 29.6 Å². The van der Waals surface area contributed by atoms with Gasteiger partial charge in [-0.25, -0.2) is 4.98 Å². The standard InChI is InChI=1S/C17H18N2O3S/c1-3-4-5-16(20)19-17-18-13(10-23-17)15-9-11-8-12(21-2)6-7-14(11)22-15/h6-10H,3-5H2,1-2H3,(H,18,19,20). The summed E-state index contributed by atoms with van der Waals surface area (Å²) in [5, 5.41) is 6.26. The van der Waals surface area contributed by atoms with Gasteiger partial charge in [-0.05, 0) is 30.7 Å². The van der Waals surface area contributed by atoms with Gasteiger partial charge in [0.2, 0.25) is 5.91 Å². The highest BCUT2D eigenvalue weighted by Crippen LogP contribution is 2.31. The van der Waals surface area contributed by atoms with Crippen LogP contribution in [0.2, 0.25) is 0 Å². The summed E-state index contributed by atoms with van der Waals surface area (Å²) in [5.74, 6) is 1.47. The number of rotatable bonds is 6. The number of carbonyl (C=O) groups excluding carboxylic acids is 1. The van der Waals surface area contributed by atoms with E-state index in [2.05, 4.69) is 17.2 Å². The van der Waals surface area contributed by atoms with Crippen molar-refractivity contribution in [2.75, 3.05) is 12.4 Å². The normalized spacial score (nSPS) is 10.9. The van der Waals surface area contributed by atoms with Crippen molar-refractivity contribution in [2.45, 2.75) is 26.2 Å². The molecule has 1 amide bonds. The zero-order valence-electron chi connectivity index (χ0n) is 13.1. The number of benzene rings is 1. The van der Waals surface area contributed by atoms with Crippen molar-refractivity contribution in [2.24, 2.45) is 0 Å². The van der Waals surface area contributed by atoms with Crippen LogP contribution >= 0.6 is 11.3 Å². The van der Waals surface area contributed by atoms with Crippen LogP contribution in [0.4, 0.5) is 5.13 Å². The molecule has 1 aromatic carbocycles. The van der Waals surface area contributed by atoms with Gasteiger partial charge < -0.3 is 14.5 Å². The Morgan fingerprint density at radius 1 is 1.39 bits per heavy atom. The van der Waals surface area contributed by atoms with E-state index in [1.54, 1.807) is 7.11 Å². The highest BCUT2D eigenvalue weighted by molar-refractivity contribution is 7.14. The average Bonchev–Trinajstić information content (AvgIpc) is 3.18. The van der Waals surface area contributed by atoms with Gasteiger partial charge in [-0.15, -0.1) is 11.3 Å². The van der Waals surface area contributed by atoms with Gasteiger partial charge in [-0.3, -0.25) is 4.79 Å². The van der Waals surface area contributed by atoms with Crippen molar-refractivity contribution in [3.63, 3.8) is 0 Å². The number of thiazole rings is 1. The number of amides is 1. The maximum absolute atomic E-state index is 11.7. The Hall–Kier alpha value is -2.34. The zero-order valence-corrected chi connectivity index (χ0v) is 13.9. The summed E-state index contributed by atoms with van der Waals surface area (Å²) >= 11 is 1.40.